The molecule has 13 heavy (non-hydrogen) atoms. The summed E-state index contributed by atoms with van der Waals surface area (Å²) in [6.45, 7) is 3.15. The van der Waals surface area contributed by atoms with Crippen LogP contribution in [-0.4, -0.2) is 12.2 Å². The lowest BCUT2D eigenvalue weighted by atomic mass is 9.94. The SMILES string of the molecule is CC1(Cc2ccccc2)CCCO1. The van der Waals surface area contributed by atoms with Crippen LogP contribution >= 0.6 is 0 Å². The van der Waals surface area contributed by atoms with Crippen molar-refractivity contribution in [3.63, 3.8) is 0 Å². The molecule has 1 saturated heterocycles. The number of benzene rings is 1. The maximum Gasteiger partial charge on any atom is 0.0695 e. The van der Waals surface area contributed by atoms with E-state index in [2.05, 4.69) is 37.3 Å². The second-order valence-corrected chi connectivity index (χ2v) is 4.06. The van der Waals surface area contributed by atoms with Gasteiger partial charge in [-0.3, -0.25) is 0 Å². The van der Waals surface area contributed by atoms with E-state index in [0.717, 1.165) is 13.0 Å². The van der Waals surface area contributed by atoms with Crippen LogP contribution in [0.25, 0.3) is 0 Å². The third kappa shape index (κ3) is 2.10. The summed E-state index contributed by atoms with van der Waals surface area (Å²) in [6.07, 6.45) is 3.46. The molecule has 0 radical (unpaired) electrons. The predicted molar refractivity (Wildman–Crippen MR) is 53.7 cm³/mol. The van der Waals surface area contributed by atoms with E-state index in [9.17, 15) is 0 Å². The molecule has 1 heteroatoms. The van der Waals surface area contributed by atoms with Crippen LogP contribution in [0.4, 0.5) is 0 Å². The second kappa shape index (κ2) is 3.51. The van der Waals surface area contributed by atoms with Crippen molar-refractivity contribution in [2.75, 3.05) is 6.61 Å². The fourth-order valence-corrected chi connectivity index (χ4v) is 2.00. The van der Waals surface area contributed by atoms with Gasteiger partial charge in [0, 0.05) is 13.0 Å². The molecule has 1 aromatic carbocycles. The van der Waals surface area contributed by atoms with E-state index >= 15 is 0 Å². The Bertz CT molecular complexity index is 260. The maximum atomic E-state index is 5.74. The van der Waals surface area contributed by atoms with Crippen molar-refractivity contribution in [2.45, 2.75) is 31.8 Å². The lowest BCUT2D eigenvalue weighted by Crippen LogP contribution is -2.25. The average Bonchev–Trinajstić information content (AvgIpc) is 2.54. The third-order valence-corrected chi connectivity index (χ3v) is 2.72. The van der Waals surface area contributed by atoms with Crippen molar-refractivity contribution < 1.29 is 4.74 Å². The summed E-state index contributed by atoms with van der Waals surface area (Å²) in [5, 5.41) is 0. The minimum absolute atomic E-state index is 0.0986. The van der Waals surface area contributed by atoms with E-state index < -0.39 is 0 Å². The Morgan fingerprint density at radius 2 is 2.08 bits per heavy atom. The van der Waals surface area contributed by atoms with Gasteiger partial charge in [-0.1, -0.05) is 30.3 Å². The number of ether oxygens (including phenoxy) is 1. The Morgan fingerprint density at radius 3 is 2.69 bits per heavy atom. The van der Waals surface area contributed by atoms with Gasteiger partial charge in [0.2, 0.25) is 0 Å². The van der Waals surface area contributed by atoms with E-state index in [1.54, 1.807) is 0 Å². The minimum atomic E-state index is 0.0986. The van der Waals surface area contributed by atoms with Gasteiger partial charge in [-0.15, -0.1) is 0 Å². The van der Waals surface area contributed by atoms with Gasteiger partial charge in [0.15, 0.2) is 0 Å². The van der Waals surface area contributed by atoms with Crippen LogP contribution in [0.1, 0.15) is 25.3 Å². The van der Waals surface area contributed by atoms with Crippen molar-refractivity contribution in [3.8, 4) is 0 Å². The molecule has 0 bridgehead atoms. The fourth-order valence-electron chi connectivity index (χ4n) is 2.00. The van der Waals surface area contributed by atoms with Crippen molar-refractivity contribution in [3.05, 3.63) is 35.9 Å². The normalized spacial score (nSPS) is 27.8. The molecule has 1 heterocycles. The molecule has 70 valence electrons. The van der Waals surface area contributed by atoms with E-state index in [-0.39, 0.29) is 5.60 Å². The van der Waals surface area contributed by atoms with Gasteiger partial charge in [0.1, 0.15) is 0 Å². The van der Waals surface area contributed by atoms with Crippen LogP contribution in [-0.2, 0) is 11.2 Å². The molecule has 1 nitrogen and oxygen atoms in total. The largest absolute Gasteiger partial charge is 0.375 e. The van der Waals surface area contributed by atoms with E-state index in [1.165, 1.54) is 18.4 Å². The summed E-state index contributed by atoms with van der Waals surface area (Å²) in [5.41, 5.74) is 1.48. The molecule has 1 unspecified atom stereocenters. The first-order valence-corrected chi connectivity index (χ1v) is 4.96. The molecule has 1 atom stereocenters. The van der Waals surface area contributed by atoms with Crippen LogP contribution in [0.5, 0.6) is 0 Å². The molecule has 0 N–H and O–H groups in total. The first-order chi connectivity index (χ1) is 6.29. The summed E-state index contributed by atoms with van der Waals surface area (Å²) in [7, 11) is 0. The lowest BCUT2D eigenvalue weighted by Gasteiger charge is -2.22. The summed E-state index contributed by atoms with van der Waals surface area (Å²) in [4.78, 5) is 0. The van der Waals surface area contributed by atoms with Crippen LogP contribution in [0.15, 0.2) is 30.3 Å². The van der Waals surface area contributed by atoms with Gasteiger partial charge in [-0.25, -0.2) is 0 Å². The first kappa shape index (κ1) is 8.76. The van der Waals surface area contributed by atoms with Crippen LogP contribution in [0.3, 0.4) is 0 Å². The lowest BCUT2D eigenvalue weighted by molar-refractivity contribution is 0.0208. The monoisotopic (exact) mass is 176 g/mol. The van der Waals surface area contributed by atoms with Gasteiger partial charge in [0.25, 0.3) is 0 Å². The molecule has 0 aromatic heterocycles. The molecule has 0 aliphatic carbocycles. The average molecular weight is 176 g/mol. The zero-order valence-corrected chi connectivity index (χ0v) is 8.12. The summed E-state index contributed by atoms with van der Waals surface area (Å²) in [5.74, 6) is 0. The van der Waals surface area contributed by atoms with Gasteiger partial charge >= 0.3 is 0 Å². The van der Waals surface area contributed by atoms with Crippen molar-refractivity contribution in [1.29, 1.82) is 0 Å². The fraction of sp³-hybridized carbons (Fsp3) is 0.500. The minimum Gasteiger partial charge on any atom is -0.375 e. The van der Waals surface area contributed by atoms with Crippen LogP contribution in [0, 0.1) is 0 Å². The summed E-state index contributed by atoms with van der Waals surface area (Å²) < 4.78 is 5.74. The van der Waals surface area contributed by atoms with E-state index in [4.69, 9.17) is 4.74 Å². The highest BCUT2D eigenvalue weighted by Crippen LogP contribution is 2.28. The molecule has 0 saturated carbocycles. The van der Waals surface area contributed by atoms with Crippen LogP contribution in [0.2, 0.25) is 0 Å². The van der Waals surface area contributed by atoms with E-state index in [0.29, 0.717) is 0 Å². The smallest absolute Gasteiger partial charge is 0.0695 e. The number of rotatable bonds is 2. The highest BCUT2D eigenvalue weighted by molar-refractivity contribution is 5.17. The number of hydrogen-bond acceptors (Lipinski definition) is 1. The number of hydrogen-bond donors (Lipinski definition) is 0. The maximum absolute atomic E-state index is 5.74. The summed E-state index contributed by atoms with van der Waals surface area (Å²) in [6, 6.07) is 10.6. The Morgan fingerprint density at radius 1 is 1.31 bits per heavy atom. The van der Waals surface area contributed by atoms with Crippen molar-refractivity contribution in [1.82, 2.24) is 0 Å². The van der Waals surface area contributed by atoms with Gasteiger partial charge < -0.3 is 4.74 Å². The van der Waals surface area contributed by atoms with Gasteiger partial charge in [-0.05, 0) is 25.3 Å². The zero-order chi connectivity index (χ0) is 9.15. The molecule has 1 fully saturated rings. The van der Waals surface area contributed by atoms with Crippen LogP contribution < -0.4 is 0 Å². The van der Waals surface area contributed by atoms with Gasteiger partial charge in [-0.2, -0.15) is 0 Å². The zero-order valence-electron chi connectivity index (χ0n) is 8.12. The molecule has 2 rings (SSSR count). The molecule has 0 spiro atoms. The van der Waals surface area contributed by atoms with Crippen molar-refractivity contribution in [2.24, 2.45) is 0 Å². The Hall–Kier alpha value is -0.820. The quantitative estimate of drug-likeness (QED) is 0.673. The Labute approximate surface area is 79.7 Å². The first-order valence-electron chi connectivity index (χ1n) is 4.96. The second-order valence-electron chi connectivity index (χ2n) is 4.06. The highest BCUT2D eigenvalue weighted by Gasteiger charge is 2.29. The molecule has 1 aromatic rings. The molecular formula is C12H16O. The summed E-state index contributed by atoms with van der Waals surface area (Å²) >= 11 is 0. The standard InChI is InChI=1S/C12H16O/c1-12(8-5-9-13-12)10-11-6-3-2-4-7-11/h2-4,6-7H,5,8-10H2,1H3. The van der Waals surface area contributed by atoms with Crippen molar-refractivity contribution >= 4 is 0 Å². The molecule has 0 amide bonds. The predicted octanol–water partition coefficient (Wildman–Crippen LogP) is 2.80. The molecule has 1 aliphatic heterocycles. The highest BCUT2D eigenvalue weighted by atomic mass is 16.5. The third-order valence-electron chi connectivity index (χ3n) is 2.72. The molecule has 1 aliphatic rings. The van der Waals surface area contributed by atoms with E-state index in [1.807, 2.05) is 0 Å². The Kier molecular flexibility index (Phi) is 2.36. The molecular weight excluding hydrogens is 160 g/mol. The Balaban J connectivity index is 2.05. The van der Waals surface area contributed by atoms with Gasteiger partial charge in [0.05, 0.1) is 5.60 Å². The topological polar surface area (TPSA) is 9.23 Å².